The second-order valence-electron chi connectivity index (χ2n) is 2.24. The first-order chi connectivity index (χ1) is 5.43. The quantitative estimate of drug-likeness (QED) is 0.407. The summed E-state index contributed by atoms with van der Waals surface area (Å²) in [7, 11) is 0. The lowest BCUT2D eigenvalue weighted by Gasteiger charge is -2.14. The van der Waals surface area contributed by atoms with Crippen LogP contribution in [0.3, 0.4) is 0 Å². The molecule has 0 fully saturated rings. The molecule has 0 aromatic heterocycles. The van der Waals surface area contributed by atoms with Gasteiger partial charge >= 0.3 is 0 Å². The first-order valence-corrected chi connectivity index (χ1v) is 4.65. The van der Waals surface area contributed by atoms with Gasteiger partial charge in [0, 0.05) is 10.5 Å². The lowest BCUT2D eigenvalue weighted by atomic mass is 10.2. The van der Waals surface area contributed by atoms with E-state index in [0.29, 0.717) is 16.1 Å². The van der Waals surface area contributed by atoms with Gasteiger partial charge in [-0.2, -0.15) is 0 Å². The fourth-order valence-corrected chi connectivity index (χ4v) is 1.50. The molecular formula is C7H6Cl3NS. The van der Waals surface area contributed by atoms with Gasteiger partial charge in [-0.25, -0.2) is 0 Å². The fourth-order valence-electron chi connectivity index (χ4n) is 0.800. The molecule has 0 atom stereocenters. The van der Waals surface area contributed by atoms with Gasteiger partial charge < -0.3 is 5.73 Å². The van der Waals surface area contributed by atoms with Gasteiger partial charge in [0.2, 0.25) is 3.79 Å². The third-order valence-corrected chi connectivity index (χ3v) is 2.39. The van der Waals surface area contributed by atoms with Gasteiger partial charge in [0.05, 0.1) is 5.69 Å². The third-order valence-electron chi connectivity index (χ3n) is 1.39. The average molecular weight is 243 g/mol. The van der Waals surface area contributed by atoms with Gasteiger partial charge in [0.1, 0.15) is 0 Å². The minimum absolute atomic E-state index is 0.404. The van der Waals surface area contributed by atoms with Crippen molar-refractivity contribution in [1.29, 1.82) is 0 Å². The monoisotopic (exact) mass is 241 g/mol. The summed E-state index contributed by atoms with van der Waals surface area (Å²) in [6, 6.07) is 5.12. The van der Waals surface area contributed by atoms with E-state index in [9.17, 15) is 0 Å². The zero-order chi connectivity index (χ0) is 9.35. The molecule has 0 saturated carbocycles. The lowest BCUT2D eigenvalue weighted by molar-refractivity contribution is 1.22. The fraction of sp³-hybridized carbons (Fsp3) is 0.143. The Balaban J connectivity index is 3.26. The van der Waals surface area contributed by atoms with E-state index in [-0.39, 0.29) is 0 Å². The summed E-state index contributed by atoms with van der Waals surface area (Å²) in [5, 5.41) is 0. The average Bonchev–Trinajstić information content (AvgIpc) is 1.92. The number of thiol groups is 1. The first kappa shape index (κ1) is 10.3. The van der Waals surface area contributed by atoms with Gasteiger partial charge in [-0.3, -0.25) is 0 Å². The number of nitrogens with two attached hydrogens (primary N) is 1. The lowest BCUT2D eigenvalue weighted by Crippen LogP contribution is -2.05. The SMILES string of the molecule is Nc1c(S)cccc1C(Cl)(Cl)Cl. The van der Waals surface area contributed by atoms with Gasteiger partial charge in [-0.1, -0.05) is 46.9 Å². The largest absolute Gasteiger partial charge is 0.397 e. The Hall–Kier alpha value is 0.240. The van der Waals surface area contributed by atoms with Crippen molar-refractivity contribution in [1.82, 2.24) is 0 Å². The summed E-state index contributed by atoms with van der Waals surface area (Å²) in [6.45, 7) is 0. The summed E-state index contributed by atoms with van der Waals surface area (Å²) < 4.78 is -1.48. The number of nitrogen functional groups attached to an aromatic ring is 1. The molecule has 0 bridgehead atoms. The van der Waals surface area contributed by atoms with E-state index in [1.807, 2.05) is 0 Å². The van der Waals surface area contributed by atoms with Crippen LogP contribution < -0.4 is 5.73 Å². The normalized spacial score (nSPS) is 11.7. The summed E-state index contributed by atoms with van der Waals surface area (Å²) in [6.07, 6.45) is 0. The molecule has 0 spiro atoms. The highest BCUT2D eigenvalue weighted by atomic mass is 35.6. The van der Waals surface area contributed by atoms with Crippen LogP contribution in [0.25, 0.3) is 0 Å². The smallest absolute Gasteiger partial charge is 0.218 e. The van der Waals surface area contributed by atoms with E-state index < -0.39 is 3.79 Å². The molecule has 2 N–H and O–H groups in total. The summed E-state index contributed by atoms with van der Waals surface area (Å²) in [5.41, 5.74) is 6.50. The maximum absolute atomic E-state index is 5.65. The van der Waals surface area contributed by atoms with Crippen LogP contribution in [-0.4, -0.2) is 0 Å². The number of rotatable bonds is 0. The van der Waals surface area contributed by atoms with Crippen LogP contribution in [0.4, 0.5) is 5.69 Å². The van der Waals surface area contributed by atoms with Gasteiger partial charge in [0.15, 0.2) is 0 Å². The van der Waals surface area contributed by atoms with Crippen molar-refractivity contribution in [3.8, 4) is 0 Å². The van der Waals surface area contributed by atoms with Crippen molar-refractivity contribution >= 4 is 53.1 Å². The standard InChI is InChI=1S/C7H6Cl3NS/c8-7(9,10)4-2-1-3-5(12)6(4)11/h1-3,12H,11H2. The molecule has 0 amide bonds. The van der Waals surface area contributed by atoms with Crippen molar-refractivity contribution in [2.75, 3.05) is 5.73 Å². The molecule has 0 aliphatic carbocycles. The predicted octanol–water partition coefficient (Wildman–Crippen LogP) is 3.38. The predicted molar refractivity (Wildman–Crippen MR) is 57.3 cm³/mol. The molecule has 1 aromatic rings. The molecule has 12 heavy (non-hydrogen) atoms. The Morgan fingerprint density at radius 1 is 1.25 bits per heavy atom. The second kappa shape index (κ2) is 3.54. The van der Waals surface area contributed by atoms with Crippen LogP contribution in [0.1, 0.15) is 5.56 Å². The number of benzene rings is 1. The molecule has 0 radical (unpaired) electrons. The third kappa shape index (κ3) is 2.13. The van der Waals surface area contributed by atoms with Crippen LogP contribution in [0, 0.1) is 0 Å². The Morgan fingerprint density at radius 2 is 1.83 bits per heavy atom. The maximum Gasteiger partial charge on any atom is 0.218 e. The minimum Gasteiger partial charge on any atom is -0.397 e. The van der Waals surface area contributed by atoms with Gasteiger partial charge in [-0.05, 0) is 6.07 Å². The van der Waals surface area contributed by atoms with Crippen molar-refractivity contribution in [3.63, 3.8) is 0 Å². The van der Waals surface area contributed by atoms with Crippen LogP contribution in [0.5, 0.6) is 0 Å². The number of alkyl halides is 3. The molecular weight excluding hydrogens is 237 g/mol. The molecule has 0 aliphatic heterocycles. The number of hydrogen-bond acceptors (Lipinski definition) is 2. The maximum atomic E-state index is 5.65. The summed E-state index contributed by atoms with van der Waals surface area (Å²) in [4.78, 5) is 0.610. The topological polar surface area (TPSA) is 26.0 Å². The zero-order valence-corrected chi connectivity index (χ0v) is 9.05. The number of hydrogen-bond donors (Lipinski definition) is 2. The Morgan fingerprint density at radius 3 is 2.25 bits per heavy atom. The minimum atomic E-state index is -1.48. The van der Waals surface area contributed by atoms with Crippen LogP contribution in [0.2, 0.25) is 0 Å². The van der Waals surface area contributed by atoms with Crippen molar-refractivity contribution in [2.45, 2.75) is 8.69 Å². The van der Waals surface area contributed by atoms with E-state index in [1.165, 1.54) is 0 Å². The molecule has 66 valence electrons. The van der Waals surface area contributed by atoms with E-state index in [1.54, 1.807) is 18.2 Å². The van der Waals surface area contributed by atoms with Crippen LogP contribution >= 0.6 is 47.4 Å². The number of halogens is 3. The highest BCUT2D eigenvalue weighted by Crippen LogP contribution is 2.42. The highest BCUT2D eigenvalue weighted by Gasteiger charge is 2.25. The molecule has 1 aromatic carbocycles. The first-order valence-electron chi connectivity index (χ1n) is 3.07. The van der Waals surface area contributed by atoms with Gasteiger partial charge in [-0.15, -0.1) is 12.6 Å². The number of para-hydroxylation sites is 1. The summed E-state index contributed by atoms with van der Waals surface area (Å²) >= 11 is 21.1. The van der Waals surface area contributed by atoms with E-state index in [0.717, 1.165) is 0 Å². The Labute approximate surface area is 91.2 Å². The van der Waals surface area contributed by atoms with Gasteiger partial charge in [0.25, 0.3) is 0 Å². The molecule has 0 saturated heterocycles. The Kier molecular flexibility index (Phi) is 3.05. The molecule has 0 unspecified atom stereocenters. The molecule has 0 heterocycles. The highest BCUT2D eigenvalue weighted by molar-refractivity contribution is 7.80. The van der Waals surface area contributed by atoms with Crippen LogP contribution in [-0.2, 0) is 3.79 Å². The zero-order valence-electron chi connectivity index (χ0n) is 5.89. The van der Waals surface area contributed by atoms with E-state index in [2.05, 4.69) is 12.6 Å². The molecule has 0 aliphatic rings. The summed E-state index contributed by atoms with van der Waals surface area (Å²) in [5.74, 6) is 0. The van der Waals surface area contributed by atoms with Crippen molar-refractivity contribution in [2.24, 2.45) is 0 Å². The van der Waals surface area contributed by atoms with Crippen molar-refractivity contribution in [3.05, 3.63) is 23.8 Å². The van der Waals surface area contributed by atoms with Crippen molar-refractivity contribution < 1.29 is 0 Å². The second-order valence-corrected chi connectivity index (χ2v) is 5.00. The molecule has 1 nitrogen and oxygen atoms in total. The van der Waals surface area contributed by atoms with Crippen LogP contribution in [0.15, 0.2) is 23.1 Å². The molecule has 5 heteroatoms. The number of anilines is 1. The molecule has 1 rings (SSSR count). The van der Waals surface area contributed by atoms with E-state index in [4.69, 9.17) is 40.5 Å². The Bertz CT molecular complexity index is 295. The van der Waals surface area contributed by atoms with E-state index >= 15 is 0 Å².